The van der Waals surface area contributed by atoms with Crippen LogP contribution in [0.5, 0.6) is 5.75 Å². The third-order valence-electron chi connectivity index (χ3n) is 4.11. The minimum Gasteiger partial charge on any atom is -0.484 e. The van der Waals surface area contributed by atoms with Crippen LogP contribution < -0.4 is 15.4 Å². The number of amides is 1. The van der Waals surface area contributed by atoms with Gasteiger partial charge in [-0.15, -0.1) is 0 Å². The summed E-state index contributed by atoms with van der Waals surface area (Å²) in [5, 5.41) is 6.15. The Labute approximate surface area is 127 Å². The summed E-state index contributed by atoms with van der Waals surface area (Å²) >= 11 is 0. The highest BCUT2D eigenvalue weighted by molar-refractivity contribution is 5.77. The molecule has 21 heavy (non-hydrogen) atoms. The lowest BCUT2D eigenvalue weighted by atomic mass is 10.0. The molecular weight excluding hydrogens is 264 g/mol. The quantitative estimate of drug-likeness (QED) is 0.819. The van der Waals surface area contributed by atoms with Crippen LogP contribution in [-0.2, 0) is 4.79 Å². The van der Waals surface area contributed by atoms with Gasteiger partial charge in [0.1, 0.15) is 5.75 Å². The highest BCUT2D eigenvalue weighted by Gasteiger charge is 2.16. The molecule has 1 aromatic rings. The van der Waals surface area contributed by atoms with E-state index in [9.17, 15) is 4.79 Å². The van der Waals surface area contributed by atoms with Crippen molar-refractivity contribution in [2.75, 3.05) is 19.0 Å². The van der Waals surface area contributed by atoms with Gasteiger partial charge in [-0.3, -0.25) is 4.79 Å². The van der Waals surface area contributed by atoms with Gasteiger partial charge in [0.2, 0.25) is 0 Å². The van der Waals surface area contributed by atoms with E-state index in [1.165, 1.54) is 32.1 Å². The van der Waals surface area contributed by atoms with Crippen LogP contribution in [0.15, 0.2) is 24.3 Å². The molecule has 1 aliphatic carbocycles. The van der Waals surface area contributed by atoms with E-state index in [1.54, 1.807) is 7.05 Å². The largest absolute Gasteiger partial charge is 0.484 e. The van der Waals surface area contributed by atoms with Crippen molar-refractivity contribution in [3.63, 3.8) is 0 Å². The van der Waals surface area contributed by atoms with Crippen LogP contribution in [0.25, 0.3) is 0 Å². The molecule has 0 saturated heterocycles. The lowest BCUT2D eigenvalue weighted by Gasteiger charge is -2.18. The maximum atomic E-state index is 11.2. The van der Waals surface area contributed by atoms with Gasteiger partial charge in [-0.25, -0.2) is 0 Å². The van der Waals surface area contributed by atoms with Gasteiger partial charge in [0, 0.05) is 24.8 Å². The molecule has 1 aromatic carbocycles. The van der Waals surface area contributed by atoms with E-state index in [0.717, 1.165) is 17.4 Å². The fourth-order valence-electron chi connectivity index (χ4n) is 2.76. The highest BCUT2D eigenvalue weighted by atomic mass is 16.5. The predicted octanol–water partition coefficient (Wildman–Crippen LogP) is 3.19. The average molecular weight is 290 g/mol. The first-order chi connectivity index (χ1) is 10.2. The monoisotopic (exact) mass is 290 g/mol. The molecule has 1 aliphatic rings. The number of carbonyl (C=O) groups is 1. The first kappa shape index (κ1) is 15.7. The minimum absolute atomic E-state index is 0.0564. The van der Waals surface area contributed by atoms with Crippen molar-refractivity contribution in [3.05, 3.63) is 24.3 Å². The molecular formula is C17H26N2O2. The van der Waals surface area contributed by atoms with E-state index < -0.39 is 0 Å². The number of benzene rings is 1. The van der Waals surface area contributed by atoms with Gasteiger partial charge < -0.3 is 15.4 Å². The van der Waals surface area contributed by atoms with E-state index in [0.29, 0.717) is 6.04 Å². The fraction of sp³-hybridized carbons (Fsp3) is 0.588. The van der Waals surface area contributed by atoms with E-state index in [2.05, 4.69) is 23.6 Å². The molecule has 0 radical (unpaired) electrons. The lowest BCUT2D eigenvalue weighted by Crippen LogP contribution is -2.24. The van der Waals surface area contributed by atoms with Crippen molar-refractivity contribution < 1.29 is 9.53 Å². The van der Waals surface area contributed by atoms with Crippen LogP contribution in [0.2, 0.25) is 0 Å². The Balaban J connectivity index is 1.89. The van der Waals surface area contributed by atoms with Gasteiger partial charge in [-0.2, -0.15) is 0 Å². The topological polar surface area (TPSA) is 50.4 Å². The Hall–Kier alpha value is -1.71. The zero-order chi connectivity index (χ0) is 15.1. The molecule has 1 fully saturated rings. The van der Waals surface area contributed by atoms with Crippen molar-refractivity contribution in [1.29, 1.82) is 0 Å². The van der Waals surface area contributed by atoms with Gasteiger partial charge in [-0.05, 0) is 37.3 Å². The van der Waals surface area contributed by atoms with Crippen LogP contribution in [0.3, 0.4) is 0 Å². The van der Waals surface area contributed by atoms with Crippen molar-refractivity contribution >= 4 is 11.6 Å². The number of hydrogen-bond donors (Lipinski definition) is 2. The molecule has 0 aliphatic heterocycles. The van der Waals surface area contributed by atoms with Crippen LogP contribution in [0.1, 0.15) is 39.0 Å². The summed E-state index contributed by atoms with van der Waals surface area (Å²) in [6, 6.07) is 8.41. The summed E-state index contributed by atoms with van der Waals surface area (Å²) in [6.07, 6.45) is 6.39. The molecule has 2 unspecified atom stereocenters. The Kier molecular flexibility index (Phi) is 5.90. The van der Waals surface area contributed by atoms with E-state index in [1.807, 2.05) is 18.2 Å². The Morgan fingerprint density at radius 1 is 1.29 bits per heavy atom. The number of hydrogen-bond acceptors (Lipinski definition) is 3. The number of nitrogens with one attached hydrogen (secondary N) is 2. The molecule has 116 valence electrons. The SMILES string of the molecule is CNC(=O)COc1cccc(NC2CCCC(C)CC2)c1. The summed E-state index contributed by atoms with van der Waals surface area (Å²) in [5.41, 5.74) is 1.07. The Morgan fingerprint density at radius 3 is 2.95 bits per heavy atom. The van der Waals surface area contributed by atoms with Crippen molar-refractivity contribution in [2.24, 2.45) is 5.92 Å². The van der Waals surface area contributed by atoms with Crippen LogP contribution in [0.4, 0.5) is 5.69 Å². The first-order valence-electron chi connectivity index (χ1n) is 7.87. The average Bonchev–Trinajstić information content (AvgIpc) is 2.70. The zero-order valence-electron chi connectivity index (χ0n) is 13.0. The Bertz CT molecular complexity index is 462. The van der Waals surface area contributed by atoms with Crippen LogP contribution in [0, 0.1) is 5.92 Å². The van der Waals surface area contributed by atoms with E-state index in [4.69, 9.17) is 4.74 Å². The molecule has 2 atom stereocenters. The van der Waals surface area contributed by atoms with E-state index in [-0.39, 0.29) is 12.5 Å². The molecule has 0 heterocycles. The lowest BCUT2D eigenvalue weighted by molar-refractivity contribution is -0.122. The molecule has 1 saturated carbocycles. The van der Waals surface area contributed by atoms with Gasteiger partial charge in [0.05, 0.1) is 0 Å². The third kappa shape index (κ3) is 5.29. The van der Waals surface area contributed by atoms with Gasteiger partial charge in [0.15, 0.2) is 6.61 Å². The maximum Gasteiger partial charge on any atom is 0.257 e. The summed E-state index contributed by atoms with van der Waals surface area (Å²) in [7, 11) is 1.61. The molecule has 0 bridgehead atoms. The van der Waals surface area contributed by atoms with Crippen molar-refractivity contribution in [1.82, 2.24) is 5.32 Å². The molecule has 4 nitrogen and oxygen atoms in total. The predicted molar refractivity (Wildman–Crippen MR) is 85.7 cm³/mol. The summed E-state index contributed by atoms with van der Waals surface area (Å²) in [5.74, 6) is 1.45. The second-order valence-corrected chi connectivity index (χ2v) is 5.94. The maximum absolute atomic E-state index is 11.2. The molecule has 0 aromatic heterocycles. The minimum atomic E-state index is -0.119. The molecule has 1 amide bonds. The van der Waals surface area contributed by atoms with Gasteiger partial charge in [-0.1, -0.05) is 25.8 Å². The smallest absolute Gasteiger partial charge is 0.257 e. The van der Waals surface area contributed by atoms with Crippen LogP contribution in [-0.4, -0.2) is 25.6 Å². The van der Waals surface area contributed by atoms with Gasteiger partial charge in [0.25, 0.3) is 5.91 Å². The normalized spacial score (nSPS) is 22.2. The number of ether oxygens (including phenoxy) is 1. The fourth-order valence-corrected chi connectivity index (χ4v) is 2.76. The van der Waals surface area contributed by atoms with Crippen molar-refractivity contribution in [2.45, 2.75) is 45.1 Å². The summed E-state index contributed by atoms with van der Waals surface area (Å²) in [4.78, 5) is 11.2. The summed E-state index contributed by atoms with van der Waals surface area (Å²) in [6.45, 7) is 2.40. The first-order valence-corrected chi connectivity index (χ1v) is 7.87. The second-order valence-electron chi connectivity index (χ2n) is 5.94. The summed E-state index contributed by atoms with van der Waals surface area (Å²) < 4.78 is 5.48. The van der Waals surface area contributed by atoms with Crippen LogP contribution >= 0.6 is 0 Å². The highest BCUT2D eigenvalue weighted by Crippen LogP contribution is 2.26. The zero-order valence-corrected chi connectivity index (χ0v) is 13.0. The van der Waals surface area contributed by atoms with E-state index >= 15 is 0 Å². The molecule has 4 heteroatoms. The number of anilines is 1. The second kappa shape index (κ2) is 7.91. The Morgan fingerprint density at radius 2 is 2.14 bits per heavy atom. The molecule has 2 rings (SSSR count). The van der Waals surface area contributed by atoms with Gasteiger partial charge >= 0.3 is 0 Å². The molecule has 0 spiro atoms. The number of likely N-dealkylation sites (N-methyl/N-ethyl adjacent to an activating group) is 1. The number of carbonyl (C=O) groups excluding carboxylic acids is 1. The third-order valence-corrected chi connectivity index (χ3v) is 4.11. The number of rotatable bonds is 5. The van der Waals surface area contributed by atoms with Crippen molar-refractivity contribution in [3.8, 4) is 5.75 Å². The molecule has 2 N–H and O–H groups in total. The standard InChI is InChI=1S/C17H26N2O2/c1-13-5-3-6-14(10-9-13)19-15-7-4-8-16(11-15)21-12-17(20)18-2/h4,7-8,11,13-14,19H,3,5-6,9-10,12H2,1-2H3,(H,18,20).